The molecule has 0 aliphatic rings. The summed E-state index contributed by atoms with van der Waals surface area (Å²) in [5.74, 6) is 1.03. The molecule has 3 aromatic rings. The first-order chi connectivity index (χ1) is 8.22. The lowest BCUT2D eigenvalue weighted by Crippen LogP contribution is -1.86. The van der Waals surface area contributed by atoms with E-state index in [1.165, 1.54) is 10.4 Å². The van der Waals surface area contributed by atoms with Crippen LogP contribution in [0.5, 0.6) is 0 Å². The molecule has 86 valence electrons. The SMILES string of the molecule is Cc1cc(Br)cc2[nH]c(Cc3cccs3)nc12. The van der Waals surface area contributed by atoms with E-state index in [0.717, 1.165) is 27.8 Å². The highest BCUT2D eigenvalue weighted by Gasteiger charge is 2.07. The largest absolute Gasteiger partial charge is 0.342 e. The van der Waals surface area contributed by atoms with Crippen molar-refractivity contribution in [3.63, 3.8) is 0 Å². The normalized spacial score (nSPS) is 11.2. The second-order valence-electron chi connectivity index (χ2n) is 4.06. The summed E-state index contributed by atoms with van der Waals surface area (Å²) >= 11 is 5.27. The van der Waals surface area contributed by atoms with Crippen molar-refractivity contribution >= 4 is 38.3 Å². The molecule has 0 bridgehead atoms. The van der Waals surface area contributed by atoms with Gasteiger partial charge in [0.2, 0.25) is 0 Å². The standard InChI is InChI=1S/C13H11BrN2S/c1-8-5-9(14)6-11-13(8)16-12(15-11)7-10-3-2-4-17-10/h2-6H,7H2,1H3,(H,15,16). The van der Waals surface area contributed by atoms with Gasteiger partial charge in [0.25, 0.3) is 0 Å². The van der Waals surface area contributed by atoms with E-state index in [1.54, 1.807) is 11.3 Å². The summed E-state index contributed by atoms with van der Waals surface area (Å²) in [6.07, 6.45) is 0.878. The van der Waals surface area contributed by atoms with E-state index in [9.17, 15) is 0 Å². The van der Waals surface area contributed by atoms with Crippen molar-refractivity contribution in [3.8, 4) is 0 Å². The number of aromatic nitrogens is 2. The number of aromatic amines is 1. The van der Waals surface area contributed by atoms with Crippen molar-refractivity contribution in [2.75, 3.05) is 0 Å². The monoisotopic (exact) mass is 306 g/mol. The molecule has 17 heavy (non-hydrogen) atoms. The molecule has 3 rings (SSSR count). The maximum Gasteiger partial charge on any atom is 0.112 e. The molecule has 0 atom stereocenters. The molecule has 1 N–H and O–H groups in total. The van der Waals surface area contributed by atoms with Gasteiger partial charge in [-0.1, -0.05) is 22.0 Å². The van der Waals surface area contributed by atoms with Crippen LogP contribution in [0.25, 0.3) is 11.0 Å². The minimum atomic E-state index is 0.878. The van der Waals surface area contributed by atoms with Crippen LogP contribution in [0.3, 0.4) is 0 Å². The van der Waals surface area contributed by atoms with Crippen LogP contribution >= 0.6 is 27.3 Å². The van der Waals surface area contributed by atoms with Crippen LogP contribution < -0.4 is 0 Å². The fraction of sp³-hybridized carbons (Fsp3) is 0.154. The average molecular weight is 307 g/mol. The maximum absolute atomic E-state index is 4.66. The zero-order valence-corrected chi connectivity index (χ0v) is 11.7. The first-order valence-corrected chi connectivity index (χ1v) is 7.07. The van der Waals surface area contributed by atoms with E-state index in [2.05, 4.69) is 62.5 Å². The van der Waals surface area contributed by atoms with Gasteiger partial charge in [0, 0.05) is 15.8 Å². The molecule has 2 heterocycles. The fourth-order valence-electron chi connectivity index (χ4n) is 1.96. The van der Waals surface area contributed by atoms with E-state index in [1.807, 2.05) is 0 Å². The van der Waals surface area contributed by atoms with Crippen molar-refractivity contribution in [2.24, 2.45) is 0 Å². The van der Waals surface area contributed by atoms with Crippen LogP contribution in [0, 0.1) is 6.92 Å². The molecule has 0 saturated carbocycles. The smallest absolute Gasteiger partial charge is 0.112 e. The third-order valence-corrected chi connectivity index (χ3v) is 4.05. The van der Waals surface area contributed by atoms with Gasteiger partial charge in [0.15, 0.2) is 0 Å². The molecule has 4 heteroatoms. The highest BCUT2D eigenvalue weighted by molar-refractivity contribution is 9.10. The van der Waals surface area contributed by atoms with Gasteiger partial charge in [-0.05, 0) is 36.1 Å². The van der Waals surface area contributed by atoms with Crippen molar-refractivity contribution in [1.82, 2.24) is 9.97 Å². The Morgan fingerprint density at radius 2 is 2.29 bits per heavy atom. The number of aryl methyl sites for hydroxylation is 1. The van der Waals surface area contributed by atoms with Gasteiger partial charge in [-0.2, -0.15) is 0 Å². The van der Waals surface area contributed by atoms with Crippen LogP contribution in [0.4, 0.5) is 0 Å². The second kappa shape index (κ2) is 4.27. The van der Waals surface area contributed by atoms with Crippen molar-refractivity contribution < 1.29 is 0 Å². The molecule has 0 amide bonds. The lowest BCUT2D eigenvalue weighted by molar-refractivity contribution is 1.06. The van der Waals surface area contributed by atoms with Gasteiger partial charge < -0.3 is 4.98 Å². The predicted octanol–water partition coefficient (Wildman–Crippen LogP) is 4.29. The topological polar surface area (TPSA) is 28.7 Å². The number of rotatable bonds is 2. The molecule has 0 aliphatic heterocycles. The van der Waals surface area contributed by atoms with Gasteiger partial charge in [0.1, 0.15) is 5.82 Å². The number of thiophene rings is 1. The van der Waals surface area contributed by atoms with Gasteiger partial charge in [-0.15, -0.1) is 11.3 Å². The summed E-state index contributed by atoms with van der Waals surface area (Å²) in [7, 11) is 0. The van der Waals surface area contributed by atoms with E-state index in [0.29, 0.717) is 0 Å². The summed E-state index contributed by atoms with van der Waals surface area (Å²) in [4.78, 5) is 9.37. The predicted molar refractivity (Wildman–Crippen MR) is 75.7 cm³/mol. The Morgan fingerprint density at radius 1 is 1.41 bits per heavy atom. The van der Waals surface area contributed by atoms with Crippen molar-refractivity contribution in [1.29, 1.82) is 0 Å². The highest BCUT2D eigenvalue weighted by atomic mass is 79.9. The summed E-state index contributed by atoms with van der Waals surface area (Å²) in [5.41, 5.74) is 3.37. The lowest BCUT2D eigenvalue weighted by atomic mass is 10.2. The van der Waals surface area contributed by atoms with E-state index < -0.39 is 0 Å². The Morgan fingerprint density at radius 3 is 3.06 bits per heavy atom. The van der Waals surface area contributed by atoms with Crippen LogP contribution in [0.15, 0.2) is 34.1 Å². The quantitative estimate of drug-likeness (QED) is 0.752. The van der Waals surface area contributed by atoms with Crippen LogP contribution in [0.2, 0.25) is 0 Å². The maximum atomic E-state index is 4.66. The average Bonchev–Trinajstić information content (AvgIpc) is 2.87. The molecule has 2 nitrogen and oxygen atoms in total. The van der Waals surface area contributed by atoms with Gasteiger partial charge in [0.05, 0.1) is 11.0 Å². The Balaban J connectivity index is 2.05. The van der Waals surface area contributed by atoms with Crippen molar-refractivity contribution in [2.45, 2.75) is 13.3 Å². The number of nitrogens with one attached hydrogen (secondary N) is 1. The number of hydrogen-bond donors (Lipinski definition) is 1. The summed E-state index contributed by atoms with van der Waals surface area (Å²) in [6.45, 7) is 2.09. The van der Waals surface area contributed by atoms with E-state index in [-0.39, 0.29) is 0 Å². The molecular formula is C13H11BrN2S. The number of halogens is 1. The molecule has 0 fully saturated rings. The van der Waals surface area contributed by atoms with E-state index >= 15 is 0 Å². The molecule has 0 saturated heterocycles. The highest BCUT2D eigenvalue weighted by Crippen LogP contribution is 2.23. The van der Waals surface area contributed by atoms with Gasteiger partial charge in [-0.3, -0.25) is 0 Å². The number of imidazole rings is 1. The minimum Gasteiger partial charge on any atom is -0.342 e. The minimum absolute atomic E-state index is 0.878. The van der Waals surface area contributed by atoms with Gasteiger partial charge in [-0.25, -0.2) is 4.98 Å². The first kappa shape index (κ1) is 11.0. The zero-order chi connectivity index (χ0) is 11.8. The Kier molecular flexibility index (Phi) is 2.76. The number of nitrogens with zero attached hydrogens (tertiary/aromatic N) is 1. The molecule has 0 radical (unpaired) electrons. The molecule has 0 spiro atoms. The Labute approximate surface area is 112 Å². The summed E-state index contributed by atoms with van der Waals surface area (Å²) in [6, 6.07) is 8.39. The lowest BCUT2D eigenvalue weighted by Gasteiger charge is -1.94. The number of H-pyrrole nitrogens is 1. The zero-order valence-electron chi connectivity index (χ0n) is 9.33. The Hall–Kier alpha value is -1.13. The van der Waals surface area contributed by atoms with Crippen LogP contribution in [-0.4, -0.2) is 9.97 Å². The van der Waals surface area contributed by atoms with Crippen molar-refractivity contribution in [3.05, 3.63) is 50.4 Å². The van der Waals surface area contributed by atoms with E-state index in [4.69, 9.17) is 0 Å². The number of benzene rings is 1. The number of hydrogen-bond acceptors (Lipinski definition) is 2. The van der Waals surface area contributed by atoms with Crippen LogP contribution in [-0.2, 0) is 6.42 Å². The molecule has 0 unspecified atom stereocenters. The Bertz CT molecular complexity index is 655. The summed E-state index contributed by atoms with van der Waals surface area (Å²) < 4.78 is 1.09. The molecule has 1 aromatic carbocycles. The molecular weight excluding hydrogens is 296 g/mol. The first-order valence-electron chi connectivity index (χ1n) is 5.39. The molecule has 2 aromatic heterocycles. The molecule has 0 aliphatic carbocycles. The second-order valence-corrected chi connectivity index (χ2v) is 6.01. The third kappa shape index (κ3) is 2.15. The van der Waals surface area contributed by atoms with Gasteiger partial charge >= 0.3 is 0 Å². The third-order valence-electron chi connectivity index (χ3n) is 2.71. The number of fused-ring (bicyclic) bond motifs is 1. The van der Waals surface area contributed by atoms with Crippen LogP contribution in [0.1, 0.15) is 16.3 Å². The fourth-order valence-corrected chi connectivity index (χ4v) is 3.24. The summed E-state index contributed by atoms with van der Waals surface area (Å²) in [5, 5.41) is 2.10.